The Morgan fingerprint density at radius 3 is 2.70 bits per heavy atom. The molecule has 2 aromatic heterocycles. The van der Waals surface area contributed by atoms with E-state index in [9.17, 15) is 13.6 Å². The first-order valence-corrected chi connectivity index (χ1v) is 9.85. The van der Waals surface area contributed by atoms with E-state index in [0.29, 0.717) is 10.6 Å². The monoisotopic (exact) mass is 401 g/mol. The first-order chi connectivity index (χ1) is 13.1. The van der Waals surface area contributed by atoms with Crippen LogP contribution in [-0.2, 0) is 4.79 Å². The lowest BCUT2D eigenvalue weighted by Crippen LogP contribution is -2.13. The van der Waals surface area contributed by atoms with Crippen LogP contribution in [0.1, 0.15) is 0 Å². The van der Waals surface area contributed by atoms with Crippen molar-refractivity contribution in [1.82, 2.24) is 9.38 Å². The van der Waals surface area contributed by atoms with Crippen molar-refractivity contribution in [2.24, 2.45) is 0 Å². The molecule has 0 unspecified atom stereocenters. The molecule has 4 aromatic rings. The van der Waals surface area contributed by atoms with E-state index in [1.54, 1.807) is 11.3 Å². The van der Waals surface area contributed by atoms with Gasteiger partial charge in [0.2, 0.25) is 5.91 Å². The lowest BCUT2D eigenvalue weighted by molar-refractivity contribution is -0.113. The molecule has 0 spiro atoms. The number of anilines is 1. The second-order valence-electron chi connectivity index (χ2n) is 5.71. The number of amides is 1. The molecule has 2 heterocycles. The van der Waals surface area contributed by atoms with Gasteiger partial charge in [0, 0.05) is 33.9 Å². The molecule has 0 bridgehead atoms. The third kappa shape index (κ3) is 4.01. The highest BCUT2D eigenvalue weighted by Crippen LogP contribution is 2.24. The molecule has 0 aliphatic heterocycles. The number of carbonyl (C=O) groups is 1. The Morgan fingerprint density at radius 1 is 1.15 bits per heavy atom. The van der Waals surface area contributed by atoms with Crippen LogP contribution in [0.4, 0.5) is 14.5 Å². The zero-order valence-corrected chi connectivity index (χ0v) is 15.5. The normalized spacial score (nSPS) is 11.0. The smallest absolute Gasteiger partial charge is 0.234 e. The van der Waals surface area contributed by atoms with E-state index in [1.807, 2.05) is 46.4 Å². The number of nitrogens with one attached hydrogen (secondary N) is 1. The largest absolute Gasteiger partial charge is 0.325 e. The van der Waals surface area contributed by atoms with Crippen LogP contribution in [-0.4, -0.2) is 21.0 Å². The number of hydrogen-bond acceptors (Lipinski definition) is 4. The summed E-state index contributed by atoms with van der Waals surface area (Å²) in [5.41, 5.74) is 2.49. The highest BCUT2D eigenvalue weighted by Gasteiger charge is 2.08. The molecule has 0 aliphatic rings. The number of carbonyl (C=O) groups excluding carboxylic acids is 1. The molecule has 8 heteroatoms. The van der Waals surface area contributed by atoms with Gasteiger partial charge in [0.25, 0.3) is 0 Å². The second-order valence-corrected chi connectivity index (χ2v) is 7.63. The molecule has 0 radical (unpaired) electrons. The number of imidazole rings is 1. The maximum Gasteiger partial charge on any atom is 0.234 e. The maximum atomic E-state index is 13.2. The summed E-state index contributed by atoms with van der Waals surface area (Å²) in [6, 6.07) is 11.0. The third-order valence-electron chi connectivity index (χ3n) is 3.82. The Kier molecular flexibility index (Phi) is 4.91. The molecule has 1 amide bonds. The Labute approximate surface area is 161 Å². The minimum Gasteiger partial charge on any atom is -0.325 e. The summed E-state index contributed by atoms with van der Waals surface area (Å²) in [6.07, 6.45) is 3.91. The third-order valence-corrected chi connectivity index (χ3v) is 5.58. The quantitative estimate of drug-likeness (QED) is 0.475. The standard InChI is InChI=1S/C19H13F2N3OS2/c20-15-6-5-14(9-16(15)21)27-11-18(25)22-13-3-1-12(2-4-13)17-10-24-7-8-26-19(24)23-17/h1-10H,11H2,(H,22,25). The summed E-state index contributed by atoms with van der Waals surface area (Å²) in [5.74, 6) is -1.94. The van der Waals surface area contributed by atoms with Crippen LogP contribution in [0.15, 0.2) is 65.1 Å². The Balaban J connectivity index is 1.36. The van der Waals surface area contributed by atoms with Gasteiger partial charge in [-0.3, -0.25) is 9.20 Å². The van der Waals surface area contributed by atoms with E-state index in [4.69, 9.17) is 0 Å². The molecule has 0 atom stereocenters. The van der Waals surface area contributed by atoms with Gasteiger partial charge in [-0.15, -0.1) is 23.1 Å². The van der Waals surface area contributed by atoms with E-state index in [0.717, 1.165) is 40.1 Å². The van der Waals surface area contributed by atoms with Crippen LogP contribution in [0.5, 0.6) is 0 Å². The molecule has 4 nitrogen and oxygen atoms in total. The number of thiazole rings is 1. The number of rotatable bonds is 5. The number of benzene rings is 2. The molecular weight excluding hydrogens is 388 g/mol. The fourth-order valence-electron chi connectivity index (χ4n) is 2.50. The van der Waals surface area contributed by atoms with E-state index in [1.165, 1.54) is 6.07 Å². The Hall–Kier alpha value is -2.71. The average Bonchev–Trinajstić information content (AvgIpc) is 3.25. The number of hydrogen-bond donors (Lipinski definition) is 1. The van der Waals surface area contributed by atoms with Crippen LogP contribution >= 0.6 is 23.1 Å². The second kappa shape index (κ2) is 7.50. The minimum absolute atomic E-state index is 0.101. The number of aromatic nitrogens is 2. The highest BCUT2D eigenvalue weighted by atomic mass is 32.2. The Bertz CT molecular complexity index is 1080. The van der Waals surface area contributed by atoms with E-state index >= 15 is 0 Å². The summed E-state index contributed by atoms with van der Waals surface area (Å²) < 4.78 is 28.1. The van der Waals surface area contributed by atoms with Gasteiger partial charge in [0.1, 0.15) is 0 Å². The molecule has 2 aromatic carbocycles. The van der Waals surface area contributed by atoms with Crippen LogP contribution in [0.3, 0.4) is 0 Å². The van der Waals surface area contributed by atoms with Crippen molar-refractivity contribution < 1.29 is 13.6 Å². The van der Waals surface area contributed by atoms with Crippen molar-refractivity contribution in [3.8, 4) is 11.3 Å². The number of fused-ring (bicyclic) bond motifs is 1. The minimum atomic E-state index is -0.921. The van der Waals surface area contributed by atoms with Gasteiger partial charge in [-0.25, -0.2) is 13.8 Å². The Morgan fingerprint density at radius 2 is 1.96 bits per heavy atom. The van der Waals surface area contributed by atoms with Gasteiger partial charge >= 0.3 is 0 Å². The van der Waals surface area contributed by atoms with Gasteiger partial charge in [-0.2, -0.15) is 0 Å². The molecule has 4 rings (SSSR count). The molecule has 0 saturated heterocycles. The first-order valence-electron chi connectivity index (χ1n) is 7.99. The van der Waals surface area contributed by atoms with Crippen molar-refractivity contribution in [2.45, 2.75) is 4.90 Å². The zero-order valence-electron chi connectivity index (χ0n) is 13.9. The van der Waals surface area contributed by atoms with Crippen LogP contribution < -0.4 is 5.32 Å². The molecule has 0 saturated carbocycles. The fourth-order valence-corrected chi connectivity index (χ4v) is 3.92. The van der Waals surface area contributed by atoms with E-state index in [2.05, 4.69) is 10.3 Å². The fraction of sp³-hybridized carbons (Fsp3) is 0.0526. The van der Waals surface area contributed by atoms with Gasteiger partial charge in [0.05, 0.1) is 11.4 Å². The lowest BCUT2D eigenvalue weighted by atomic mass is 10.1. The molecule has 136 valence electrons. The number of halogens is 2. The van der Waals surface area contributed by atoms with Crippen LogP contribution in [0.2, 0.25) is 0 Å². The lowest BCUT2D eigenvalue weighted by Gasteiger charge is -2.06. The number of nitrogens with zero attached hydrogens (tertiary/aromatic N) is 2. The SMILES string of the molecule is O=C(CSc1ccc(F)c(F)c1)Nc1ccc(-c2cn3ccsc3n2)cc1. The van der Waals surface area contributed by atoms with E-state index < -0.39 is 11.6 Å². The van der Waals surface area contributed by atoms with Gasteiger partial charge in [-0.05, 0) is 30.3 Å². The summed E-state index contributed by atoms with van der Waals surface area (Å²) in [4.78, 5) is 18.0. The predicted molar refractivity (Wildman–Crippen MR) is 104 cm³/mol. The summed E-state index contributed by atoms with van der Waals surface area (Å²) >= 11 is 2.71. The maximum absolute atomic E-state index is 13.2. The van der Waals surface area contributed by atoms with Crippen molar-refractivity contribution in [2.75, 3.05) is 11.1 Å². The van der Waals surface area contributed by atoms with Gasteiger partial charge < -0.3 is 5.32 Å². The number of thioether (sulfide) groups is 1. The molecule has 0 fully saturated rings. The van der Waals surface area contributed by atoms with E-state index in [-0.39, 0.29) is 11.7 Å². The molecular formula is C19H13F2N3OS2. The van der Waals surface area contributed by atoms with Gasteiger partial charge in [0.15, 0.2) is 16.6 Å². The topological polar surface area (TPSA) is 46.4 Å². The van der Waals surface area contributed by atoms with Crippen LogP contribution in [0.25, 0.3) is 16.2 Å². The van der Waals surface area contributed by atoms with Crippen molar-refractivity contribution in [3.05, 3.63) is 71.9 Å². The van der Waals surface area contributed by atoms with Crippen LogP contribution in [0, 0.1) is 11.6 Å². The summed E-state index contributed by atoms with van der Waals surface area (Å²) in [5, 5.41) is 4.76. The molecule has 27 heavy (non-hydrogen) atoms. The van der Waals surface area contributed by atoms with Crippen molar-refractivity contribution in [3.63, 3.8) is 0 Å². The molecule has 0 aliphatic carbocycles. The first kappa shape index (κ1) is 17.7. The zero-order chi connectivity index (χ0) is 18.8. The highest BCUT2D eigenvalue weighted by molar-refractivity contribution is 8.00. The van der Waals surface area contributed by atoms with Gasteiger partial charge in [-0.1, -0.05) is 12.1 Å². The molecule has 1 N–H and O–H groups in total. The average molecular weight is 401 g/mol. The predicted octanol–water partition coefficient (Wildman–Crippen LogP) is 5.07. The van der Waals surface area contributed by atoms with Crippen molar-refractivity contribution in [1.29, 1.82) is 0 Å². The summed E-state index contributed by atoms with van der Waals surface area (Å²) in [7, 11) is 0. The van der Waals surface area contributed by atoms with Crippen molar-refractivity contribution >= 4 is 39.7 Å². The summed E-state index contributed by atoms with van der Waals surface area (Å²) in [6.45, 7) is 0.